The number of anilines is 2. The average Bonchev–Trinajstić information content (AvgIpc) is 2.76. The molecule has 172 valence electrons. The van der Waals surface area contributed by atoms with Crippen molar-refractivity contribution >= 4 is 34.7 Å². The van der Waals surface area contributed by atoms with Gasteiger partial charge in [-0.3, -0.25) is 9.20 Å². The molecule has 0 atom stereocenters. The van der Waals surface area contributed by atoms with Crippen LogP contribution in [-0.4, -0.2) is 39.0 Å². The third-order valence-electron chi connectivity index (χ3n) is 4.79. The van der Waals surface area contributed by atoms with Gasteiger partial charge in [0.25, 0.3) is 5.56 Å². The van der Waals surface area contributed by atoms with E-state index in [1.807, 2.05) is 0 Å². The summed E-state index contributed by atoms with van der Waals surface area (Å²) < 4.78 is 41.2. The smallest absolute Gasteiger partial charge is 0.417 e. The maximum atomic E-state index is 13.5. The first kappa shape index (κ1) is 23.8. The predicted octanol–water partition coefficient (Wildman–Crippen LogP) is 3.40. The van der Waals surface area contributed by atoms with Crippen LogP contribution in [0.1, 0.15) is 34.1 Å². The minimum Gasteiger partial charge on any atom is -0.476 e. The van der Waals surface area contributed by atoms with Crippen molar-refractivity contribution in [3.05, 3.63) is 62.3 Å². The monoisotopic (exact) mass is 480 g/mol. The van der Waals surface area contributed by atoms with Gasteiger partial charge in [-0.15, -0.1) is 0 Å². The molecule has 0 saturated heterocycles. The van der Waals surface area contributed by atoms with Crippen molar-refractivity contribution in [2.24, 2.45) is 0 Å². The summed E-state index contributed by atoms with van der Waals surface area (Å²) in [5.41, 5.74) is -3.08. The maximum Gasteiger partial charge on any atom is 0.417 e. The van der Waals surface area contributed by atoms with E-state index in [-0.39, 0.29) is 34.4 Å². The van der Waals surface area contributed by atoms with E-state index < -0.39 is 34.5 Å². The topological polar surface area (TPSA) is 124 Å². The van der Waals surface area contributed by atoms with Gasteiger partial charge in [-0.1, -0.05) is 11.6 Å². The highest BCUT2D eigenvalue weighted by molar-refractivity contribution is 6.29. The Morgan fingerprint density at radius 1 is 1.36 bits per heavy atom. The van der Waals surface area contributed by atoms with Crippen molar-refractivity contribution in [3.63, 3.8) is 0 Å². The summed E-state index contributed by atoms with van der Waals surface area (Å²) >= 11 is 5.73. The Hall–Kier alpha value is -3.85. The minimum absolute atomic E-state index is 0.00403. The summed E-state index contributed by atoms with van der Waals surface area (Å²) in [7, 11) is 1.58. The molecule has 33 heavy (non-hydrogen) atoms. The average molecular weight is 481 g/mol. The van der Waals surface area contributed by atoms with Crippen LogP contribution in [0.3, 0.4) is 0 Å². The van der Waals surface area contributed by atoms with Crippen LogP contribution in [0.4, 0.5) is 24.7 Å². The molecule has 3 aromatic heterocycles. The molecule has 0 bridgehead atoms. The first-order valence-electron chi connectivity index (χ1n) is 9.39. The summed E-state index contributed by atoms with van der Waals surface area (Å²) in [5.74, 6) is -1.38. The van der Waals surface area contributed by atoms with Crippen LogP contribution in [-0.2, 0) is 12.7 Å². The maximum absolute atomic E-state index is 13.5. The van der Waals surface area contributed by atoms with Crippen LogP contribution < -0.4 is 15.8 Å². The highest BCUT2D eigenvalue weighted by Crippen LogP contribution is 2.31. The fourth-order valence-electron chi connectivity index (χ4n) is 3.04. The number of nitriles is 1. The zero-order chi connectivity index (χ0) is 24.5. The highest BCUT2D eigenvalue weighted by Gasteiger charge is 2.32. The number of rotatable bonds is 6. The minimum atomic E-state index is -4.79. The van der Waals surface area contributed by atoms with Gasteiger partial charge in [0, 0.05) is 31.9 Å². The molecule has 0 saturated carbocycles. The molecule has 0 fully saturated rings. The van der Waals surface area contributed by atoms with Crippen molar-refractivity contribution in [1.29, 1.82) is 5.26 Å². The number of alkyl halides is 3. The quantitative estimate of drug-likeness (QED) is 0.514. The number of carbonyl (C=O) groups is 1. The molecule has 0 aromatic carbocycles. The lowest BCUT2D eigenvalue weighted by molar-refractivity contribution is -0.137. The van der Waals surface area contributed by atoms with Gasteiger partial charge >= 0.3 is 12.1 Å². The van der Waals surface area contributed by atoms with Crippen molar-refractivity contribution in [1.82, 2.24) is 14.4 Å². The molecule has 0 aliphatic carbocycles. The molecule has 9 nitrogen and oxygen atoms in total. The van der Waals surface area contributed by atoms with Crippen LogP contribution in [0.25, 0.3) is 5.65 Å². The van der Waals surface area contributed by atoms with E-state index in [0.29, 0.717) is 17.1 Å². The Morgan fingerprint density at radius 2 is 2.06 bits per heavy atom. The molecule has 0 aliphatic heterocycles. The second-order valence-corrected chi connectivity index (χ2v) is 7.26. The van der Waals surface area contributed by atoms with Crippen LogP contribution in [0.15, 0.2) is 29.2 Å². The van der Waals surface area contributed by atoms with Gasteiger partial charge in [0.05, 0.1) is 11.3 Å². The van der Waals surface area contributed by atoms with Gasteiger partial charge in [0.1, 0.15) is 16.9 Å². The number of hydrogen-bond acceptors (Lipinski definition) is 7. The Kier molecular flexibility index (Phi) is 6.46. The molecule has 13 heteroatoms. The summed E-state index contributed by atoms with van der Waals surface area (Å²) in [4.78, 5) is 33.8. The zero-order valence-corrected chi connectivity index (χ0v) is 18.0. The molecule has 3 rings (SSSR count). The summed E-state index contributed by atoms with van der Waals surface area (Å²) in [6, 6.07) is 5.15. The summed E-state index contributed by atoms with van der Waals surface area (Å²) in [5, 5.41) is 21.4. The number of carboxylic acid groups (broad SMARTS) is 1. The molecule has 2 N–H and O–H groups in total. The number of carboxylic acids is 1. The molecule has 3 heterocycles. The third kappa shape index (κ3) is 4.68. The third-order valence-corrected chi connectivity index (χ3v) is 5.00. The summed E-state index contributed by atoms with van der Waals surface area (Å²) in [6.45, 7) is 1.80. The number of hydrogen-bond donors (Lipinski definition) is 2. The lowest BCUT2D eigenvalue weighted by Crippen LogP contribution is -2.28. The first-order chi connectivity index (χ1) is 15.5. The van der Waals surface area contributed by atoms with Crippen molar-refractivity contribution in [2.75, 3.05) is 23.8 Å². The number of fused-ring (bicyclic) bond motifs is 1. The second-order valence-electron chi connectivity index (χ2n) is 6.88. The normalized spacial score (nSPS) is 11.3. The van der Waals surface area contributed by atoms with Gasteiger partial charge in [-0.2, -0.15) is 18.4 Å². The molecule has 0 amide bonds. The molecule has 3 aromatic rings. The number of pyridine rings is 2. The number of aromatic nitrogens is 3. The van der Waals surface area contributed by atoms with E-state index in [0.717, 1.165) is 6.07 Å². The molecule has 0 spiro atoms. The fourth-order valence-corrected chi connectivity index (χ4v) is 3.19. The van der Waals surface area contributed by atoms with E-state index in [9.17, 15) is 33.1 Å². The first-order valence-corrected chi connectivity index (χ1v) is 9.77. The number of nitrogens with zero attached hydrogens (tertiary/aromatic N) is 5. The van der Waals surface area contributed by atoms with E-state index in [4.69, 9.17) is 11.6 Å². The highest BCUT2D eigenvalue weighted by atomic mass is 35.5. The largest absolute Gasteiger partial charge is 0.476 e. The molecule has 0 unspecified atom stereocenters. The fraction of sp³-hybridized carbons (Fsp3) is 0.250. The lowest BCUT2D eigenvalue weighted by atomic mass is 10.1. The standard InChI is InChI=1S/C20H16ClF3N6O3/c1-3-29(2)17-12(7-25)18(31)30-9-11(20(22,23)24)6-10(16(30)28-17)8-26-13-4-5-14(21)27-15(13)19(32)33/h4-6,9,26H,3,8H2,1-2H3,(H,32,33). The Bertz CT molecular complexity index is 1350. The van der Waals surface area contributed by atoms with E-state index in [2.05, 4.69) is 15.3 Å². The van der Waals surface area contributed by atoms with E-state index >= 15 is 0 Å². The second kappa shape index (κ2) is 8.95. The lowest BCUT2D eigenvalue weighted by Gasteiger charge is -2.19. The molecule has 0 aliphatic rings. The molecular weight excluding hydrogens is 465 g/mol. The van der Waals surface area contributed by atoms with Gasteiger partial charge in [-0.25, -0.2) is 14.8 Å². The Morgan fingerprint density at radius 3 is 2.64 bits per heavy atom. The SMILES string of the molecule is CCN(C)c1nc2c(CNc3ccc(Cl)nc3C(=O)O)cc(C(F)(F)F)cn2c(=O)c1C#N. The number of aromatic carboxylic acids is 1. The Balaban J connectivity index is 2.23. The van der Waals surface area contributed by atoms with Crippen LogP contribution in [0.5, 0.6) is 0 Å². The molecular formula is C20H16ClF3N6O3. The van der Waals surface area contributed by atoms with Gasteiger partial charge in [0.2, 0.25) is 0 Å². The Labute approximate surface area is 189 Å². The van der Waals surface area contributed by atoms with Gasteiger partial charge < -0.3 is 15.3 Å². The predicted molar refractivity (Wildman–Crippen MR) is 114 cm³/mol. The van der Waals surface area contributed by atoms with Crippen LogP contribution in [0, 0.1) is 11.3 Å². The number of nitrogens with one attached hydrogen (secondary N) is 1. The van der Waals surface area contributed by atoms with Gasteiger partial charge in [-0.05, 0) is 25.1 Å². The zero-order valence-electron chi connectivity index (χ0n) is 17.2. The van der Waals surface area contributed by atoms with Crippen molar-refractivity contribution < 1.29 is 23.1 Å². The van der Waals surface area contributed by atoms with Crippen molar-refractivity contribution in [2.45, 2.75) is 19.6 Å². The van der Waals surface area contributed by atoms with E-state index in [1.54, 1.807) is 20.0 Å². The number of halogens is 4. The van der Waals surface area contributed by atoms with Crippen molar-refractivity contribution in [3.8, 4) is 6.07 Å². The van der Waals surface area contributed by atoms with Crippen LogP contribution >= 0.6 is 11.6 Å². The van der Waals surface area contributed by atoms with Gasteiger partial charge in [0.15, 0.2) is 17.1 Å². The van der Waals surface area contributed by atoms with E-state index in [1.165, 1.54) is 17.0 Å². The van der Waals surface area contributed by atoms with Crippen LogP contribution in [0.2, 0.25) is 5.15 Å². The molecule has 0 radical (unpaired) electrons. The summed E-state index contributed by atoms with van der Waals surface area (Å²) in [6.07, 6.45) is -4.21.